The molecule has 0 heterocycles. The summed E-state index contributed by atoms with van der Waals surface area (Å²) in [4.78, 5) is 11.0. The number of aldehydes is 1. The van der Waals surface area contributed by atoms with Gasteiger partial charge in [-0.1, -0.05) is 6.92 Å². The van der Waals surface area contributed by atoms with E-state index < -0.39 is 0 Å². The second kappa shape index (κ2) is 8.31. The molecule has 1 rings (SSSR count). The minimum Gasteiger partial charge on any atom is -0.493 e. The molecule has 0 atom stereocenters. The van der Waals surface area contributed by atoms with Crippen LogP contribution >= 0.6 is 0 Å². The van der Waals surface area contributed by atoms with Crippen molar-refractivity contribution in [3.63, 3.8) is 0 Å². The molecular formula is C17H23NO3. The molecule has 4 nitrogen and oxygen atoms in total. The standard InChI is InChI=1S/C17H23NO3/c1-4-9-20-15-7-6-14(12-19)16(11-15)21-10-5-8-17(2,3)13-18/h6-7,11-12H,4-5,8-10H2,1-3H3. The largest absolute Gasteiger partial charge is 0.493 e. The van der Waals surface area contributed by atoms with Crippen LogP contribution in [0.3, 0.4) is 0 Å². The molecule has 0 aliphatic rings. The minimum atomic E-state index is -0.344. The van der Waals surface area contributed by atoms with Crippen molar-refractivity contribution in [3.05, 3.63) is 23.8 Å². The summed E-state index contributed by atoms with van der Waals surface area (Å²) in [6.45, 7) is 6.96. The topological polar surface area (TPSA) is 59.3 Å². The van der Waals surface area contributed by atoms with E-state index in [-0.39, 0.29) is 5.41 Å². The first-order valence-electron chi connectivity index (χ1n) is 7.28. The third-order valence-corrected chi connectivity index (χ3v) is 3.09. The summed E-state index contributed by atoms with van der Waals surface area (Å²) in [5.74, 6) is 1.24. The maximum Gasteiger partial charge on any atom is 0.153 e. The van der Waals surface area contributed by atoms with Gasteiger partial charge in [-0.25, -0.2) is 0 Å². The summed E-state index contributed by atoms with van der Waals surface area (Å²) in [6.07, 6.45) is 3.22. The Morgan fingerprint density at radius 3 is 2.67 bits per heavy atom. The van der Waals surface area contributed by atoms with E-state index in [0.717, 1.165) is 25.5 Å². The minimum absolute atomic E-state index is 0.344. The van der Waals surface area contributed by atoms with Gasteiger partial charge in [0.15, 0.2) is 6.29 Å². The SMILES string of the molecule is CCCOc1ccc(C=O)c(OCCCC(C)(C)C#N)c1. The molecule has 0 bridgehead atoms. The van der Waals surface area contributed by atoms with Gasteiger partial charge < -0.3 is 9.47 Å². The number of nitriles is 1. The lowest BCUT2D eigenvalue weighted by Crippen LogP contribution is -2.10. The maximum atomic E-state index is 11.0. The fraction of sp³-hybridized carbons (Fsp3) is 0.529. The molecule has 1 aromatic rings. The van der Waals surface area contributed by atoms with E-state index in [0.29, 0.717) is 30.3 Å². The lowest BCUT2D eigenvalue weighted by Gasteiger charge is -2.15. The van der Waals surface area contributed by atoms with Crippen molar-refractivity contribution < 1.29 is 14.3 Å². The van der Waals surface area contributed by atoms with Crippen LogP contribution < -0.4 is 9.47 Å². The molecule has 1 aromatic carbocycles. The molecular weight excluding hydrogens is 266 g/mol. The number of carbonyl (C=O) groups excluding carboxylic acids is 1. The van der Waals surface area contributed by atoms with Crippen LogP contribution in [-0.4, -0.2) is 19.5 Å². The van der Waals surface area contributed by atoms with Crippen molar-refractivity contribution >= 4 is 6.29 Å². The van der Waals surface area contributed by atoms with Crippen molar-refractivity contribution in [2.24, 2.45) is 5.41 Å². The van der Waals surface area contributed by atoms with Crippen molar-refractivity contribution in [1.82, 2.24) is 0 Å². The zero-order chi connectivity index (χ0) is 15.7. The Balaban J connectivity index is 2.60. The third kappa shape index (κ3) is 5.86. The van der Waals surface area contributed by atoms with E-state index in [1.54, 1.807) is 18.2 Å². The van der Waals surface area contributed by atoms with Crippen LogP contribution in [0.2, 0.25) is 0 Å². The Hall–Kier alpha value is -2.02. The second-order valence-electron chi connectivity index (χ2n) is 5.61. The monoisotopic (exact) mass is 289 g/mol. The van der Waals surface area contributed by atoms with E-state index in [1.807, 2.05) is 20.8 Å². The van der Waals surface area contributed by atoms with Gasteiger partial charge in [-0.05, 0) is 45.2 Å². The first-order valence-corrected chi connectivity index (χ1v) is 7.28. The van der Waals surface area contributed by atoms with Crippen LogP contribution in [0.15, 0.2) is 18.2 Å². The van der Waals surface area contributed by atoms with Gasteiger partial charge in [-0.15, -0.1) is 0 Å². The first-order chi connectivity index (χ1) is 10.0. The molecule has 0 radical (unpaired) electrons. The molecule has 0 saturated carbocycles. The van der Waals surface area contributed by atoms with Gasteiger partial charge in [0.1, 0.15) is 11.5 Å². The highest BCUT2D eigenvalue weighted by atomic mass is 16.5. The van der Waals surface area contributed by atoms with Gasteiger partial charge in [0.25, 0.3) is 0 Å². The number of benzene rings is 1. The van der Waals surface area contributed by atoms with Crippen molar-refractivity contribution in [2.75, 3.05) is 13.2 Å². The normalized spacial score (nSPS) is 10.8. The summed E-state index contributed by atoms with van der Waals surface area (Å²) in [6, 6.07) is 7.48. The zero-order valence-electron chi connectivity index (χ0n) is 13.0. The highest BCUT2D eigenvalue weighted by Gasteiger charge is 2.16. The van der Waals surface area contributed by atoms with Gasteiger partial charge >= 0.3 is 0 Å². The van der Waals surface area contributed by atoms with Crippen LogP contribution in [0.5, 0.6) is 11.5 Å². The predicted octanol–water partition coefficient (Wildman–Crippen LogP) is 4.00. The Kier molecular flexibility index (Phi) is 6.74. The lowest BCUT2D eigenvalue weighted by molar-refractivity contribution is 0.111. The molecule has 0 unspecified atom stereocenters. The smallest absolute Gasteiger partial charge is 0.153 e. The summed E-state index contributed by atoms with van der Waals surface area (Å²) in [5.41, 5.74) is 0.168. The van der Waals surface area contributed by atoms with Gasteiger partial charge in [0.05, 0.1) is 30.3 Å². The zero-order valence-corrected chi connectivity index (χ0v) is 13.0. The average molecular weight is 289 g/mol. The van der Waals surface area contributed by atoms with E-state index in [2.05, 4.69) is 6.07 Å². The first kappa shape index (κ1) is 17.0. The highest BCUT2D eigenvalue weighted by molar-refractivity contribution is 5.79. The van der Waals surface area contributed by atoms with E-state index in [9.17, 15) is 4.79 Å². The molecule has 0 aromatic heterocycles. The molecule has 4 heteroatoms. The maximum absolute atomic E-state index is 11.0. The summed E-state index contributed by atoms with van der Waals surface area (Å²) >= 11 is 0. The van der Waals surface area contributed by atoms with Crippen molar-refractivity contribution in [3.8, 4) is 17.6 Å². The molecule has 0 aliphatic heterocycles. The average Bonchev–Trinajstić information content (AvgIpc) is 2.49. The van der Waals surface area contributed by atoms with Crippen LogP contribution in [0.4, 0.5) is 0 Å². The molecule has 21 heavy (non-hydrogen) atoms. The van der Waals surface area contributed by atoms with Crippen LogP contribution in [0.1, 0.15) is 50.4 Å². The van der Waals surface area contributed by atoms with Crippen LogP contribution in [0.25, 0.3) is 0 Å². The summed E-state index contributed by atoms with van der Waals surface area (Å²) in [7, 11) is 0. The Bertz CT molecular complexity index is 503. The molecule has 0 spiro atoms. The predicted molar refractivity (Wildman–Crippen MR) is 81.7 cm³/mol. The Morgan fingerprint density at radius 1 is 1.29 bits per heavy atom. The summed E-state index contributed by atoms with van der Waals surface area (Å²) in [5, 5.41) is 8.96. The van der Waals surface area contributed by atoms with E-state index in [1.165, 1.54) is 0 Å². The second-order valence-corrected chi connectivity index (χ2v) is 5.61. The molecule has 0 N–H and O–H groups in total. The number of hydrogen-bond donors (Lipinski definition) is 0. The van der Waals surface area contributed by atoms with Crippen LogP contribution in [-0.2, 0) is 0 Å². The van der Waals surface area contributed by atoms with E-state index >= 15 is 0 Å². The van der Waals surface area contributed by atoms with Gasteiger partial charge in [0.2, 0.25) is 0 Å². The van der Waals surface area contributed by atoms with Crippen molar-refractivity contribution in [1.29, 1.82) is 5.26 Å². The number of carbonyl (C=O) groups is 1. The molecule has 114 valence electrons. The van der Waals surface area contributed by atoms with Gasteiger partial charge in [0, 0.05) is 6.07 Å². The Labute approximate surface area is 126 Å². The molecule has 0 aliphatic carbocycles. The molecule has 0 saturated heterocycles. The van der Waals surface area contributed by atoms with Gasteiger partial charge in [-0.2, -0.15) is 5.26 Å². The number of nitrogens with zero attached hydrogens (tertiary/aromatic N) is 1. The Morgan fingerprint density at radius 2 is 2.05 bits per heavy atom. The summed E-state index contributed by atoms with van der Waals surface area (Å²) < 4.78 is 11.2. The molecule has 0 fully saturated rings. The fourth-order valence-electron chi connectivity index (χ4n) is 1.80. The number of hydrogen-bond acceptors (Lipinski definition) is 4. The van der Waals surface area contributed by atoms with Gasteiger partial charge in [-0.3, -0.25) is 4.79 Å². The van der Waals surface area contributed by atoms with Crippen LogP contribution in [0, 0.1) is 16.7 Å². The van der Waals surface area contributed by atoms with Crippen molar-refractivity contribution in [2.45, 2.75) is 40.0 Å². The quantitative estimate of drug-likeness (QED) is 0.509. The number of rotatable bonds is 9. The highest BCUT2D eigenvalue weighted by Crippen LogP contribution is 2.25. The number of ether oxygens (including phenoxy) is 2. The molecule has 0 amide bonds. The van der Waals surface area contributed by atoms with E-state index in [4.69, 9.17) is 14.7 Å². The lowest BCUT2D eigenvalue weighted by atomic mass is 9.90. The fourth-order valence-corrected chi connectivity index (χ4v) is 1.80. The third-order valence-electron chi connectivity index (χ3n) is 3.09.